The second-order valence-corrected chi connectivity index (χ2v) is 7.23. The molecule has 1 aliphatic rings. The fraction of sp³-hybridized carbons (Fsp3) is 0.273. The number of aromatic nitrogens is 2. The number of morpholine rings is 1. The van der Waals surface area contributed by atoms with Gasteiger partial charge >= 0.3 is 5.97 Å². The van der Waals surface area contributed by atoms with Crippen LogP contribution in [0.3, 0.4) is 0 Å². The van der Waals surface area contributed by atoms with Crippen LogP contribution in [0.15, 0.2) is 66.9 Å². The van der Waals surface area contributed by atoms with Crippen LogP contribution in [0.2, 0.25) is 0 Å². The Hall–Kier alpha value is -3.56. The predicted octanol–water partition coefficient (Wildman–Crippen LogP) is 2.84. The van der Waals surface area contributed by atoms with E-state index in [1.165, 1.54) is 28.4 Å². The number of carbonyl (C=O) groups excluding carboxylic acids is 1. The first-order chi connectivity index (χ1) is 15.1. The lowest BCUT2D eigenvalue weighted by atomic mass is 10.2. The summed E-state index contributed by atoms with van der Waals surface area (Å²) in [5.74, 6) is -0.562. The summed E-state index contributed by atoms with van der Waals surface area (Å²) in [6.07, 6.45) is 1.36. The molecule has 1 aliphatic heterocycles. The first-order valence-electron chi connectivity index (χ1n) is 9.94. The van der Waals surface area contributed by atoms with Crippen LogP contribution in [-0.4, -0.2) is 58.0 Å². The third-order valence-electron chi connectivity index (χ3n) is 4.98. The van der Waals surface area contributed by atoms with Crippen molar-refractivity contribution in [2.45, 2.75) is 12.6 Å². The normalized spacial score (nSPS) is 16.7. The van der Waals surface area contributed by atoms with E-state index in [4.69, 9.17) is 9.47 Å². The number of hydrogen-bond acceptors (Lipinski definition) is 7. The molecule has 0 bridgehead atoms. The van der Waals surface area contributed by atoms with Crippen molar-refractivity contribution < 1.29 is 19.2 Å². The highest BCUT2D eigenvalue weighted by molar-refractivity contribution is 5.87. The second-order valence-electron chi connectivity index (χ2n) is 7.23. The molecule has 0 saturated carbocycles. The second kappa shape index (κ2) is 9.50. The van der Waals surface area contributed by atoms with Crippen molar-refractivity contribution in [3.63, 3.8) is 0 Å². The van der Waals surface area contributed by atoms with E-state index >= 15 is 0 Å². The minimum atomic E-state index is -0.562. The van der Waals surface area contributed by atoms with Crippen LogP contribution in [0.5, 0.6) is 0 Å². The molecule has 31 heavy (non-hydrogen) atoms. The molecule has 1 unspecified atom stereocenters. The van der Waals surface area contributed by atoms with Crippen molar-refractivity contribution in [3.05, 3.63) is 88.2 Å². The zero-order chi connectivity index (χ0) is 21.6. The maximum absolute atomic E-state index is 12.4. The van der Waals surface area contributed by atoms with Crippen LogP contribution in [-0.2, 0) is 16.0 Å². The molecule has 9 nitrogen and oxygen atoms in total. The molecule has 160 valence electrons. The van der Waals surface area contributed by atoms with Gasteiger partial charge in [-0.05, 0) is 17.7 Å². The Morgan fingerprint density at radius 2 is 2.03 bits per heavy atom. The number of nitrogens with zero attached hydrogens (tertiary/aromatic N) is 4. The molecule has 1 atom stereocenters. The zero-order valence-electron chi connectivity index (χ0n) is 16.8. The number of esters is 1. The van der Waals surface area contributed by atoms with E-state index in [1.54, 1.807) is 18.3 Å². The molecule has 9 heteroatoms. The molecule has 1 fully saturated rings. The van der Waals surface area contributed by atoms with Crippen molar-refractivity contribution >= 4 is 11.7 Å². The van der Waals surface area contributed by atoms with Crippen LogP contribution in [0.25, 0.3) is 5.69 Å². The van der Waals surface area contributed by atoms with Crippen molar-refractivity contribution in [2.75, 3.05) is 26.3 Å². The van der Waals surface area contributed by atoms with Crippen LogP contribution < -0.4 is 0 Å². The summed E-state index contributed by atoms with van der Waals surface area (Å²) in [4.78, 5) is 25.1. The van der Waals surface area contributed by atoms with Crippen LogP contribution in [0.4, 0.5) is 5.69 Å². The van der Waals surface area contributed by atoms with Gasteiger partial charge < -0.3 is 9.47 Å². The lowest BCUT2D eigenvalue weighted by Gasteiger charge is -2.32. The van der Waals surface area contributed by atoms with Gasteiger partial charge in [-0.2, -0.15) is 5.10 Å². The molecule has 1 aromatic heterocycles. The van der Waals surface area contributed by atoms with E-state index in [9.17, 15) is 14.9 Å². The zero-order valence-corrected chi connectivity index (χ0v) is 16.8. The average molecular weight is 422 g/mol. The predicted molar refractivity (Wildman–Crippen MR) is 112 cm³/mol. The molecule has 0 spiro atoms. The van der Waals surface area contributed by atoms with Crippen molar-refractivity contribution in [1.82, 2.24) is 14.7 Å². The standard InChI is InChI=1S/C22H22N4O5/c27-22(21-9-10-25(23-21)18-7-4-8-19(13-18)26(28)29)31-16-20-15-24(11-12-30-20)14-17-5-2-1-3-6-17/h1-10,13,20H,11-12,14-16H2. The Morgan fingerprint density at radius 3 is 2.84 bits per heavy atom. The van der Waals surface area contributed by atoms with E-state index in [0.717, 1.165) is 13.1 Å². The Balaban J connectivity index is 1.32. The smallest absolute Gasteiger partial charge is 0.358 e. The van der Waals surface area contributed by atoms with Gasteiger partial charge in [0.25, 0.3) is 5.69 Å². The quantitative estimate of drug-likeness (QED) is 0.328. The van der Waals surface area contributed by atoms with Crippen molar-refractivity contribution in [2.24, 2.45) is 0 Å². The molecule has 0 N–H and O–H groups in total. The molecule has 4 rings (SSSR count). The third kappa shape index (κ3) is 5.33. The lowest BCUT2D eigenvalue weighted by Crippen LogP contribution is -2.44. The first kappa shape index (κ1) is 20.7. The summed E-state index contributed by atoms with van der Waals surface area (Å²) in [5.41, 5.74) is 1.79. The van der Waals surface area contributed by atoms with Crippen LogP contribution in [0, 0.1) is 10.1 Å². The van der Waals surface area contributed by atoms with Crippen LogP contribution in [0.1, 0.15) is 16.1 Å². The minimum Gasteiger partial charge on any atom is -0.458 e. The number of benzene rings is 2. The van der Waals surface area contributed by atoms with Gasteiger partial charge in [0.1, 0.15) is 12.7 Å². The molecular formula is C22H22N4O5. The Morgan fingerprint density at radius 1 is 1.19 bits per heavy atom. The van der Waals surface area contributed by atoms with Crippen molar-refractivity contribution in [1.29, 1.82) is 0 Å². The van der Waals surface area contributed by atoms with E-state index < -0.39 is 10.9 Å². The van der Waals surface area contributed by atoms with Gasteiger partial charge in [-0.25, -0.2) is 9.48 Å². The Kier molecular flexibility index (Phi) is 6.34. The topological polar surface area (TPSA) is 99.7 Å². The van der Waals surface area contributed by atoms with Crippen LogP contribution >= 0.6 is 0 Å². The third-order valence-corrected chi connectivity index (χ3v) is 4.98. The molecule has 3 aromatic rings. The van der Waals surface area contributed by atoms with E-state index in [2.05, 4.69) is 22.1 Å². The number of hydrogen-bond donors (Lipinski definition) is 0. The molecule has 2 aromatic carbocycles. The summed E-state index contributed by atoms with van der Waals surface area (Å²) in [6, 6.07) is 17.7. The van der Waals surface area contributed by atoms with E-state index in [0.29, 0.717) is 18.8 Å². The summed E-state index contributed by atoms with van der Waals surface area (Å²) < 4.78 is 12.5. The fourth-order valence-electron chi connectivity index (χ4n) is 3.43. The molecule has 0 radical (unpaired) electrons. The number of non-ortho nitro benzene ring substituents is 1. The molecule has 1 saturated heterocycles. The molecular weight excluding hydrogens is 400 g/mol. The number of rotatable bonds is 7. The largest absolute Gasteiger partial charge is 0.458 e. The van der Waals surface area contributed by atoms with Gasteiger partial charge in [-0.1, -0.05) is 36.4 Å². The molecule has 0 amide bonds. The maximum atomic E-state index is 12.4. The Bertz CT molecular complexity index is 1050. The Labute approximate surface area is 179 Å². The summed E-state index contributed by atoms with van der Waals surface area (Å²) in [5, 5.41) is 15.1. The van der Waals surface area contributed by atoms with Gasteiger partial charge in [0.05, 0.1) is 17.2 Å². The maximum Gasteiger partial charge on any atom is 0.358 e. The highest BCUT2D eigenvalue weighted by Gasteiger charge is 2.23. The number of nitro groups is 1. The van der Waals surface area contributed by atoms with E-state index in [-0.39, 0.29) is 24.1 Å². The summed E-state index contributed by atoms with van der Waals surface area (Å²) >= 11 is 0. The highest BCUT2D eigenvalue weighted by atomic mass is 16.6. The summed E-state index contributed by atoms with van der Waals surface area (Å²) in [7, 11) is 0. The minimum absolute atomic E-state index is 0.0494. The fourth-order valence-corrected chi connectivity index (χ4v) is 3.43. The average Bonchev–Trinajstić information content (AvgIpc) is 3.29. The number of carbonyl (C=O) groups is 1. The van der Waals surface area contributed by atoms with Gasteiger partial charge in [-0.3, -0.25) is 15.0 Å². The van der Waals surface area contributed by atoms with Gasteiger partial charge in [0, 0.05) is 38.0 Å². The van der Waals surface area contributed by atoms with Crippen molar-refractivity contribution in [3.8, 4) is 5.69 Å². The van der Waals surface area contributed by atoms with Gasteiger partial charge in [-0.15, -0.1) is 0 Å². The van der Waals surface area contributed by atoms with E-state index in [1.807, 2.05) is 18.2 Å². The number of nitro benzene ring substituents is 1. The van der Waals surface area contributed by atoms with Gasteiger partial charge in [0.2, 0.25) is 0 Å². The molecule has 0 aliphatic carbocycles. The summed E-state index contributed by atoms with van der Waals surface area (Å²) in [6.45, 7) is 3.03. The highest BCUT2D eigenvalue weighted by Crippen LogP contribution is 2.17. The monoisotopic (exact) mass is 422 g/mol. The number of ether oxygens (including phenoxy) is 2. The lowest BCUT2D eigenvalue weighted by molar-refractivity contribution is -0.384. The first-order valence-corrected chi connectivity index (χ1v) is 9.94. The SMILES string of the molecule is O=C(OCC1CN(Cc2ccccc2)CCO1)c1ccn(-c2cccc([N+](=O)[O-])c2)n1. The molecule has 2 heterocycles. The van der Waals surface area contributed by atoms with Gasteiger partial charge in [0.15, 0.2) is 5.69 Å².